The maximum absolute atomic E-state index is 11.6. The Hall–Kier alpha value is -0.580. The average molecular weight is 308 g/mol. The van der Waals surface area contributed by atoms with Crippen molar-refractivity contribution < 1.29 is 14.3 Å². The van der Waals surface area contributed by atoms with Crippen molar-refractivity contribution in [2.75, 3.05) is 12.4 Å². The van der Waals surface area contributed by atoms with Crippen LogP contribution in [0.1, 0.15) is 39.5 Å². The molecule has 0 aromatic carbocycles. The molecule has 0 radical (unpaired) electrons. The molecule has 2 unspecified atom stereocenters. The van der Waals surface area contributed by atoms with E-state index in [1.807, 2.05) is 13.8 Å². The van der Waals surface area contributed by atoms with E-state index in [4.69, 9.17) is 4.74 Å². The summed E-state index contributed by atoms with van der Waals surface area (Å²) in [5.74, 6) is -0.364. The highest BCUT2D eigenvalue weighted by atomic mass is 79.9. The van der Waals surface area contributed by atoms with Crippen molar-refractivity contribution in [1.29, 1.82) is 0 Å². The Morgan fingerprint density at radius 2 is 2.00 bits per heavy atom. The second-order valence-corrected chi connectivity index (χ2v) is 4.89. The van der Waals surface area contributed by atoms with Crippen molar-refractivity contribution >= 4 is 27.8 Å². The molecule has 0 spiro atoms. The Morgan fingerprint density at radius 3 is 2.47 bits per heavy atom. The van der Waals surface area contributed by atoms with Crippen LogP contribution in [0.4, 0.5) is 0 Å². The van der Waals surface area contributed by atoms with E-state index >= 15 is 0 Å². The van der Waals surface area contributed by atoms with Gasteiger partial charge in [-0.15, -0.1) is 0 Å². The van der Waals surface area contributed by atoms with Gasteiger partial charge in [-0.25, -0.2) is 4.79 Å². The molecule has 0 saturated heterocycles. The number of hydrogen-bond acceptors (Lipinski definition) is 3. The Kier molecular flexibility index (Phi) is 9.13. The van der Waals surface area contributed by atoms with Gasteiger partial charge in [-0.05, 0) is 18.8 Å². The quantitative estimate of drug-likeness (QED) is 0.425. The van der Waals surface area contributed by atoms with Gasteiger partial charge in [0.1, 0.15) is 6.04 Å². The van der Waals surface area contributed by atoms with E-state index in [0.29, 0.717) is 6.42 Å². The summed E-state index contributed by atoms with van der Waals surface area (Å²) >= 11 is 3.31. The highest BCUT2D eigenvalue weighted by Crippen LogP contribution is 2.10. The number of carbonyl (C=O) groups is 2. The van der Waals surface area contributed by atoms with Gasteiger partial charge in [0.15, 0.2) is 0 Å². The molecule has 0 aliphatic rings. The third kappa shape index (κ3) is 6.66. The topological polar surface area (TPSA) is 55.4 Å². The summed E-state index contributed by atoms with van der Waals surface area (Å²) in [5, 5.41) is 3.64. The fourth-order valence-electron chi connectivity index (χ4n) is 1.42. The SMILES string of the molecule is CCC(C)C(NC(=O)CCCCBr)C(=O)OC. The molecule has 0 aliphatic heterocycles. The molecule has 0 saturated carbocycles. The monoisotopic (exact) mass is 307 g/mol. The predicted octanol–water partition coefficient (Wildman–Crippen LogP) is 2.26. The summed E-state index contributed by atoms with van der Waals surface area (Å²) < 4.78 is 4.70. The zero-order chi connectivity index (χ0) is 13.3. The summed E-state index contributed by atoms with van der Waals surface area (Å²) in [6, 6.07) is -0.526. The van der Waals surface area contributed by atoms with Crippen LogP contribution >= 0.6 is 15.9 Å². The van der Waals surface area contributed by atoms with Gasteiger partial charge < -0.3 is 10.1 Å². The molecule has 0 bridgehead atoms. The maximum atomic E-state index is 11.6. The van der Waals surface area contributed by atoms with Crippen molar-refractivity contribution in [2.45, 2.75) is 45.6 Å². The minimum absolute atomic E-state index is 0.0818. The first kappa shape index (κ1) is 16.4. The van der Waals surface area contributed by atoms with Crippen LogP contribution in [0.5, 0.6) is 0 Å². The Labute approximate surface area is 112 Å². The van der Waals surface area contributed by atoms with E-state index in [2.05, 4.69) is 21.2 Å². The van der Waals surface area contributed by atoms with E-state index in [1.54, 1.807) is 0 Å². The second-order valence-electron chi connectivity index (χ2n) is 4.10. The summed E-state index contributed by atoms with van der Waals surface area (Å²) in [4.78, 5) is 23.2. The van der Waals surface area contributed by atoms with Crippen LogP contribution in [0.2, 0.25) is 0 Å². The number of hydrogen-bond donors (Lipinski definition) is 1. The van der Waals surface area contributed by atoms with Crippen molar-refractivity contribution in [3.05, 3.63) is 0 Å². The highest BCUT2D eigenvalue weighted by Gasteiger charge is 2.26. The third-order valence-electron chi connectivity index (χ3n) is 2.77. The van der Waals surface area contributed by atoms with Gasteiger partial charge in [0.2, 0.25) is 5.91 Å². The molecule has 0 rings (SSSR count). The number of rotatable bonds is 8. The minimum atomic E-state index is -0.526. The van der Waals surface area contributed by atoms with E-state index in [-0.39, 0.29) is 17.8 Å². The van der Waals surface area contributed by atoms with Gasteiger partial charge in [-0.1, -0.05) is 36.2 Å². The Morgan fingerprint density at radius 1 is 1.35 bits per heavy atom. The number of ether oxygens (including phenoxy) is 1. The molecule has 0 heterocycles. The van der Waals surface area contributed by atoms with Crippen LogP contribution in [-0.2, 0) is 14.3 Å². The molecule has 1 amide bonds. The number of alkyl halides is 1. The first-order valence-electron chi connectivity index (χ1n) is 5.99. The Balaban J connectivity index is 4.23. The Bertz CT molecular complexity index is 246. The zero-order valence-electron chi connectivity index (χ0n) is 10.8. The number of unbranched alkanes of at least 4 members (excludes halogenated alkanes) is 1. The fourth-order valence-corrected chi connectivity index (χ4v) is 1.82. The van der Waals surface area contributed by atoms with E-state index < -0.39 is 6.04 Å². The predicted molar refractivity (Wildman–Crippen MR) is 71.0 cm³/mol. The smallest absolute Gasteiger partial charge is 0.328 e. The molecule has 0 aliphatic carbocycles. The van der Waals surface area contributed by atoms with Crippen molar-refractivity contribution in [1.82, 2.24) is 5.32 Å². The average Bonchev–Trinajstić information content (AvgIpc) is 2.34. The summed E-state index contributed by atoms with van der Waals surface area (Å²) in [7, 11) is 1.34. The van der Waals surface area contributed by atoms with Gasteiger partial charge in [-0.3, -0.25) is 4.79 Å². The van der Waals surface area contributed by atoms with Crippen LogP contribution in [0, 0.1) is 5.92 Å². The summed E-state index contributed by atoms with van der Waals surface area (Å²) in [6.07, 6.45) is 3.06. The first-order valence-corrected chi connectivity index (χ1v) is 7.12. The number of carbonyl (C=O) groups excluding carboxylic acids is 2. The molecular weight excluding hydrogens is 286 g/mol. The van der Waals surface area contributed by atoms with Crippen LogP contribution < -0.4 is 5.32 Å². The number of nitrogens with one attached hydrogen (secondary N) is 1. The molecular formula is C12H22BrNO3. The third-order valence-corrected chi connectivity index (χ3v) is 3.33. The van der Waals surface area contributed by atoms with Gasteiger partial charge in [0.25, 0.3) is 0 Å². The largest absolute Gasteiger partial charge is 0.467 e. The molecule has 0 aromatic heterocycles. The van der Waals surface area contributed by atoms with Gasteiger partial charge in [0, 0.05) is 11.8 Å². The summed E-state index contributed by atoms with van der Waals surface area (Å²) in [6.45, 7) is 3.91. The lowest BCUT2D eigenvalue weighted by Crippen LogP contribution is -2.45. The van der Waals surface area contributed by atoms with Gasteiger partial charge in [-0.2, -0.15) is 0 Å². The summed E-state index contributed by atoms with van der Waals surface area (Å²) in [5.41, 5.74) is 0. The van der Waals surface area contributed by atoms with Crippen molar-refractivity contribution in [3.63, 3.8) is 0 Å². The van der Waals surface area contributed by atoms with Crippen LogP contribution in [-0.4, -0.2) is 30.4 Å². The number of esters is 1. The number of methoxy groups -OCH3 is 1. The molecule has 0 fully saturated rings. The molecule has 17 heavy (non-hydrogen) atoms. The molecule has 4 nitrogen and oxygen atoms in total. The second kappa shape index (κ2) is 9.45. The minimum Gasteiger partial charge on any atom is -0.467 e. The van der Waals surface area contributed by atoms with Crippen molar-refractivity contribution in [3.8, 4) is 0 Å². The van der Waals surface area contributed by atoms with E-state index in [9.17, 15) is 9.59 Å². The lowest BCUT2D eigenvalue weighted by Gasteiger charge is -2.21. The van der Waals surface area contributed by atoms with E-state index in [0.717, 1.165) is 24.6 Å². The molecule has 5 heteroatoms. The number of halogens is 1. The van der Waals surface area contributed by atoms with Crippen LogP contribution in [0.3, 0.4) is 0 Å². The fraction of sp³-hybridized carbons (Fsp3) is 0.833. The normalized spacial score (nSPS) is 13.9. The molecule has 0 aromatic rings. The molecule has 2 atom stereocenters. The van der Waals surface area contributed by atoms with Crippen LogP contribution in [0.25, 0.3) is 0 Å². The molecule has 1 N–H and O–H groups in total. The standard InChI is InChI=1S/C12H22BrNO3/c1-4-9(2)11(12(16)17-3)14-10(15)7-5-6-8-13/h9,11H,4-8H2,1-3H3,(H,14,15). The van der Waals surface area contributed by atoms with Gasteiger partial charge >= 0.3 is 5.97 Å². The molecule has 100 valence electrons. The van der Waals surface area contributed by atoms with Crippen LogP contribution in [0.15, 0.2) is 0 Å². The zero-order valence-corrected chi connectivity index (χ0v) is 12.4. The lowest BCUT2D eigenvalue weighted by atomic mass is 9.99. The number of amides is 1. The highest BCUT2D eigenvalue weighted by molar-refractivity contribution is 9.09. The maximum Gasteiger partial charge on any atom is 0.328 e. The first-order chi connectivity index (χ1) is 8.06. The van der Waals surface area contributed by atoms with Gasteiger partial charge in [0.05, 0.1) is 7.11 Å². The van der Waals surface area contributed by atoms with E-state index in [1.165, 1.54) is 7.11 Å². The lowest BCUT2D eigenvalue weighted by molar-refractivity contribution is -0.146. The van der Waals surface area contributed by atoms with Crippen molar-refractivity contribution in [2.24, 2.45) is 5.92 Å².